The van der Waals surface area contributed by atoms with Crippen LogP contribution in [0.1, 0.15) is 64.3 Å². The molecule has 0 aliphatic carbocycles. The number of hydrogen-bond donors (Lipinski definition) is 2. The molecule has 0 atom stereocenters. The molecule has 2 N–H and O–H groups in total. The van der Waals surface area contributed by atoms with E-state index in [1.165, 1.54) is 11.3 Å². The van der Waals surface area contributed by atoms with E-state index >= 15 is 0 Å². The molecule has 2 heterocycles. The topological polar surface area (TPSA) is 110 Å². The first-order chi connectivity index (χ1) is 15.7. The maximum absolute atomic E-state index is 13.0. The Labute approximate surface area is 196 Å². The van der Waals surface area contributed by atoms with Gasteiger partial charge in [-0.05, 0) is 40.2 Å². The van der Waals surface area contributed by atoms with Gasteiger partial charge in [0.25, 0.3) is 0 Å². The van der Waals surface area contributed by atoms with Crippen LogP contribution in [0, 0.1) is 6.92 Å². The van der Waals surface area contributed by atoms with E-state index in [0.717, 1.165) is 15.8 Å². The van der Waals surface area contributed by atoms with Crippen molar-refractivity contribution in [2.24, 2.45) is 0 Å². The zero-order chi connectivity index (χ0) is 24.0. The fraction of sp³-hybridized carbons (Fsp3) is 0.417. The first-order valence-electron chi connectivity index (χ1n) is 10.8. The van der Waals surface area contributed by atoms with E-state index in [0.29, 0.717) is 42.4 Å². The van der Waals surface area contributed by atoms with Crippen molar-refractivity contribution in [3.05, 3.63) is 51.6 Å². The van der Waals surface area contributed by atoms with Crippen LogP contribution in [0.5, 0.6) is 0 Å². The summed E-state index contributed by atoms with van der Waals surface area (Å²) in [5.41, 5.74) is 1.23. The standard InChI is InChI=1S/C24H29N3O5S/c1-15-20(19(28)10-7-12-31-13-11-25-23(30)32-24(2,3)4)27-22(33-15)21(29)17-14-26-18-9-6-5-8-16(17)18/h5-6,8-9,14,26H,7,10-13H2,1-4H3,(H,25,30). The summed E-state index contributed by atoms with van der Waals surface area (Å²) in [6.45, 7) is 8.23. The lowest BCUT2D eigenvalue weighted by atomic mass is 10.1. The number of benzene rings is 1. The SMILES string of the molecule is Cc1sc(C(=O)c2c[nH]c3ccccc23)nc1C(=O)CCCOCCNC(=O)OC(C)(C)C. The van der Waals surface area contributed by atoms with Gasteiger partial charge in [-0.1, -0.05) is 18.2 Å². The predicted molar refractivity (Wildman–Crippen MR) is 127 cm³/mol. The highest BCUT2D eigenvalue weighted by molar-refractivity contribution is 7.14. The number of aryl methyl sites for hydroxylation is 1. The van der Waals surface area contributed by atoms with Gasteiger partial charge in [-0.2, -0.15) is 0 Å². The molecule has 8 nitrogen and oxygen atoms in total. The molecule has 0 fully saturated rings. The second-order valence-electron chi connectivity index (χ2n) is 8.57. The molecule has 9 heteroatoms. The predicted octanol–water partition coefficient (Wildman–Crippen LogP) is 4.67. The Kier molecular flexibility index (Phi) is 7.99. The van der Waals surface area contributed by atoms with Gasteiger partial charge < -0.3 is 19.8 Å². The number of ether oxygens (including phenoxy) is 2. The largest absolute Gasteiger partial charge is 0.444 e. The molecule has 2 aromatic heterocycles. The number of aromatic nitrogens is 2. The molecule has 1 amide bonds. The Morgan fingerprint density at radius 1 is 1.15 bits per heavy atom. The third kappa shape index (κ3) is 6.72. The van der Waals surface area contributed by atoms with Crippen LogP contribution >= 0.6 is 11.3 Å². The quantitative estimate of drug-likeness (QED) is 0.328. The van der Waals surface area contributed by atoms with Gasteiger partial charge in [0.1, 0.15) is 11.3 Å². The van der Waals surface area contributed by atoms with Gasteiger partial charge in [0.2, 0.25) is 5.78 Å². The summed E-state index contributed by atoms with van der Waals surface area (Å²) in [6.07, 6.45) is 1.98. The second-order valence-corrected chi connectivity index (χ2v) is 9.77. The number of carbonyl (C=O) groups is 3. The van der Waals surface area contributed by atoms with Crippen LogP contribution in [0.15, 0.2) is 30.5 Å². The summed E-state index contributed by atoms with van der Waals surface area (Å²) in [5.74, 6) is -0.308. The van der Waals surface area contributed by atoms with Gasteiger partial charge in [0.15, 0.2) is 10.8 Å². The Morgan fingerprint density at radius 2 is 1.91 bits per heavy atom. The smallest absolute Gasteiger partial charge is 0.407 e. The van der Waals surface area contributed by atoms with Crippen LogP contribution in [-0.2, 0) is 9.47 Å². The number of hydrogen-bond acceptors (Lipinski definition) is 7. The molecule has 0 radical (unpaired) electrons. The molecule has 3 rings (SSSR count). The minimum Gasteiger partial charge on any atom is -0.444 e. The second kappa shape index (κ2) is 10.7. The number of Topliss-reactive ketones (excluding diaryl/α,β-unsaturated/α-hetero) is 1. The van der Waals surface area contributed by atoms with E-state index < -0.39 is 11.7 Å². The number of H-pyrrole nitrogens is 1. The van der Waals surface area contributed by atoms with E-state index in [-0.39, 0.29) is 18.0 Å². The van der Waals surface area contributed by atoms with E-state index in [2.05, 4.69) is 15.3 Å². The third-order valence-electron chi connectivity index (χ3n) is 4.70. The molecule has 0 aliphatic heterocycles. The molecule has 33 heavy (non-hydrogen) atoms. The number of nitrogens with one attached hydrogen (secondary N) is 2. The molecule has 176 valence electrons. The Balaban J connectivity index is 1.45. The van der Waals surface area contributed by atoms with E-state index in [9.17, 15) is 14.4 Å². The number of ketones is 2. The maximum Gasteiger partial charge on any atom is 0.407 e. The van der Waals surface area contributed by atoms with Crippen molar-refractivity contribution in [2.45, 2.75) is 46.1 Å². The fourth-order valence-electron chi connectivity index (χ4n) is 3.22. The summed E-state index contributed by atoms with van der Waals surface area (Å²) in [4.78, 5) is 45.3. The van der Waals surface area contributed by atoms with E-state index in [4.69, 9.17) is 9.47 Å². The number of nitrogens with zero attached hydrogens (tertiary/aromatic N) is 1. The van der Waals surface area contributed by atoms with Crippen LogP contribution in [-0.4, -0.2) is 53.0 Å². The molecular formula is C24H29N3O5S. The summed E-state index contributed by atoms with van der Waals surface area (Å²) >= 11 is 1.24. The van der Waals surface area contributed by atoms with Crippen LogP contribution in [0.4, 0.5) is 4.79 Å². The summed E-state index contributed by atoms with van der Waals surface area (Å²) in [7, 11) is 0. The molecule has 0 bridgehead atoms. The Morgan fingerprint density at radius 3 is 2.67 bits per heavy atom. The highest BCUT2D eigenvalue weighted by Crippen LogP contribution is 2.25. The zero-order valence-corrected chi connectivity index (χ0v) is 20.1. The van der Waals surface area contributed by atoms with Gasteiger partial charge in [-0.25, -0.2) is 9.78 Å². The Bertz CT molecular complexity index is 1140. The molecule has 0 aliphatic rings. The number of alkyl carbamates (subject to hydrolysis) is 1. The highest BCUT2D eigenvalue weighted by atomic mass is 32.1. The van der Waals surface area contributed by atoms with Gasteiger partial charge in [-0.15, -0.1) is 11.3 Å². The maximum atomic E-state index is 13.0. The van der Waals surface area contributed by atoms with Crippen LogP contribution < -0.4 is 5.32 Å². The van der Waals surface area contributed by atoms with Crippen LogP contribution in [0.25, 0.3) is 10.9 Å². The van der Waals surface area contributed by atoms with Crippen molar-refractivity contribution in [1.82, 2.24) is 15.3 Å². The highest BCUT2D eigenvalue weighted by Gasteiger charge is 2.22. The minimum absolute atomic E-state index is 0.114. The molecule has 1 aromatic carbocycles. The molecule has 0 unspecified atom stereocenters. The normalized spacial score (nSPS) is 11.5. The van der Waals surface area contributed by atoms with Crippen molar-refractivity contribution in [3.8, 4) is 0 Å². The number of carbonyl (C=O) groups excluding carboxylic acids is 3. The Hall–Kier alpha value is -3.04. The van der Waals surface area contributed by atoms with Crippen LogP contribution in [0.3, 0.4) is 0 Å². The van der Waals surface area contributed by atoms with Crippen molar-refractivity contribution in [2.75, 3.05) is 19.8 Å². The molecule has 3 aromatic rings. The van der Waals surface area contributed by atoms with Crippen molar-refractivity contribution in [3.63, 3.8) is 0 Å². The van der Waals surface area contributed by atoms with E-state index in [1.807, 2.05) is 24.3 Å². The molecule has 0 spiro atoms. The van der Waals surface area contributed by atoms with Crippen molar-refractivity contribution in [1.29, 1.82) is 0 Å². The molecule has 0 saturated carbocycles. The third-order valence-corrected chi connectivity index (χ3v) is 5.67. The number of amides is 1. The summed E-state index contributed by atoms with van der Waals surface area (Å²) < 4.78 is 10.6. The number of rotatable bonds is 10. The van der Waals surface area contributed by atoms with Crippen LogP contribution in [0.2, 0.25) is 0 Å². The summed E-state index contributed by atoms with van der Waals surface area (Å²) in [5, 5.41) is 3.76. The molecule has 0 saturated heterocycles. The lowest BCUT2D eigenvalue weighted by molar-refractivity contribution is 0.0498. The van der Waals surface area contributed by atoms with Gasteiger partial charge in [0.05, 0.1) is 12.2 Å². The van der Waals surface area contributed by atoms with Gasteiger partial charge in [0, 0.05) is 41.5 Å². The number of para-hydroxylation sites is 1. The van der Waals surface area contributed by atoms with Crippen molar-refractivity contribution >= 4 is 39.9 Å². The molecular weight excluding hydrogens is 442 g/mol. The minimum atomic E-state index is -0.543. The van der Waals surface area contributed by atoms with Gasteiger partial charge >= 0.3 is 6.09 Å². The van der Waals surface area contributed by atoms with Crippen molar-refractivity contribution < 1.29 is 23.9 Å². The fourth-order valence-corrected chi connectivity index (χ4v) is 4.11. The average Bonchev–Trinajstić information content (AvgIpc) is 3.35. The first kappa shape index (κ1) is 24.6. The van der Waals surface area contributed by atoms with E-state index in [1.54, 1.807) is 33.9 Å². The number of aromatic amines is 1. The summed E-state index contributed by atoms with van der Waals surface area (Å²) in [6, 6.07) is 7.57. The average molecular weight is 472 g/mol. The van der Waals surface area contributed by atoms with Gasteiger partial charge in [-0.3, -0.25) is 9.59 Å². The lowest BCUT2D eigenvalue weighted by Gasteiger charge is -2.19. The number of fused-ring (bicyclic) bond motifs is 1. The monoisotopic (exact) mass is 471 g/mol. The first-order valence-corrected chi connectivity index (χ1v) is 11.6. The lowest BCUT2D eigenvalue weighted by Crippen LogP contribution is -2.34. The zero-order valence-electron chi connectivity index (χ0n) is 19.3. The number of thiazole rings is 1.